The number of carbonyl (C=O) groups is 2. The van der Waals surface area contributed by atoms with Crippen molar-refractivity contribution in [3.63, 3.8) is 0 Å². The van der Waals surface area contributed by atoms with Crippen LogP contribution in [0.5, 0.6) is 11.5 Å². The van der Waals surface area contributed by atoms with Crippen molar-refractivity contribution in [3.8, 4) is 11.5 Å². The number of halogens is 1. The molecule has 230 valence electrons. The molecule has 1 N–H and O–H groups in total. The predicted octanol–water partition coefficient (Wildman–Crippen LogP) is 4.42. The van der Waals surface area contributed by atoms with Gasteiger partial charge in [0.15, 0.2) is 0 Å². The Labute approximate surface area is 256 Å². The molecule has 0 aromatic heterocycles. The van der Waals surface area contributed by atoms with Gasteiger partial charge in [0, 0.05) is 25.6 Å². The summed E-state index contributed by atoms with van der Waals surface area (Å²) in [6, 6.07) is 26.1. The van der Waals surface area contributed by atoms with Gasteiger partial charge in [-0.15, -0.1) is 0 Å². The van der Waals surface area contributed by atoms with E-state index >= 15 is 0 Å². The van der Waals surface area contributed by atoms with Gasteiger partial charge in [0.1, 0.15) is 29.9 Å². The highest BCUT2D eigenvalue weighted by atomic mass is 32.2. The Morgan fingerprint density at radius 1 is 0.841 bits per heavy atom. The van der Waals surface area contributed by atoms with Gasteiger partial charge in [0.25, 0.3) is 10.0 Å². The monoisotopic (exact) mass is 619 g/mol. The van der Waals surface area contributed by atoms with Crippen molar-refractivity contribution in [1.82, 2.24) is 10.2 Å². The first kappa shape index (κ1) is 32.0. The van der Waals surface area contributed by atoms with Gasteiger partial charge in [-0.2, -0.15) is 0 Å². The summed E-state index contributed by atoms with van der Waals surface area (Å²) in [6.45, 7) is -0.982. The lowest BCUT2D eigenvalue weighted by Gasteiger charge is -2.34. The number of nitrogens with zero attached hydrogens (tertiary/aromatic N) is 2. The lowest BCUT2D eigenvalue weighted by Crippen LogP contribution is -2.53. The van der Waals surface area contributed by atoms with Crippen molar-refractivity contribution >= 4 is 27.5 Å². The van der Waals surface area contributed by atoms with Crippen molar-refractivity contribution in [2.45, 2.75) is 23.9 Å². The maximum Gasteiger partial charge on any atom is 0.264 e. The van der Waals surface area contributed by atoms with Crippen molar-refractivity contribution in [2.75, 3.05) is 32.1 Å². The third-order valence-electron chi connectivity index (χ3n) is 7.10. The predicted molar refractivity (Wildman–Crippen MR) is 165 cm³/mol. The summed E-state index contributed by atoms with van der Waals surface area (Å²) in [5, 5.41) is 2.60. The number of benzene rings is 4. The molecule has 0 radical (unpaired) electrons. The van der Waals surface area contributed by atoms with E-state index in [4.69, 9.17) is 9.47 Å². The summed E-state index contributed by atoms with van der Waals surface area (Å²) in [5.74, 6) is -1.10. The summed E-state index contributed by atoms with van der Waals surface area (Å²) >= 11 is 0. The fraction of sp³-hybridized carbons (Fsp3) is 0.212. The Balaban J connectivity index is 1.82. The summed E-state index contributed by atoms with van der Waals surface area (Å²) in [5.41, 5.74) is 1.05. The first-order valence-electron chi connectivity index (χ1n) is 13.8. The molecule has 0 spiro atoms. The van der Waals surface area contributed by atoms with Crippen molar-refractivity contribution in [2.24, 2.45) is 0 Å². The van der Waals surface area contributed by atoms with Gasteiger partial charge in [0.05, 0.1) is 24.8 Å². The van der Waals surface area contributed by atoms with E-state index in [1.54, 1.807) is 24.3 Å². The maximum absolute atomic E-state index is 14.9. The van der Waals surface area contributed by atoms with Crippen LogP contribution in [-0.4, -0.2) is 59.0 Å². The zero-order valence-electron chi connectivity index (χ0n) is 24.6. The third kappa shape index (κ3) is 7.35. The number of methoxy groups -OCH3 is 2. The fourth-order valence-corrected chi connectivity index (χ4v) is 6.18. The minimum Gasteiger partial charge on any atom is -0.497 e. The van der Waals surface area contributed by atoms with Crippen LogP contribution in [0.15, 0.2) is 108 Å². The average Bonchev–Trinajstić information content (AvgIpc) is 3.05. The molecule has 2 amide bonds. The number of sulfonamides is 1. The maximum atomic E-state index is 14.9. The molecule has 0 aliphatic rings. The van der Waals surface area contributed by atoms with Crippen molar-refractivity contribution in [3.05, 3.63) is 120 Å². The summed E-state index contributed by atoms with van der Waals surface area (Å²) in [6.07, 6.45) is 0.112. The molecule has 4 rings (SSSR count). The number of likely N-dealkylation sites (N-methyl/N-ethyl adjacent to an activating group) is 1. The first-order chi connectivity index (χ1) is 21.2. The van der Waals surface area contributed by atoms with Crippen molar-refractivity contribution < 1.29 is 31.9 Å². The number of hydrogen-bond donors (Lipinski definition) is 1. The van der Waals surface area contributed by atoms with Gasteiger partial charge in [-0.05, 0) is 48.0 Å². The Hall–Kier alpha value is -4.90. The number of hydrogen-bond acceptors (Lipinski definition) is 6. The van der Waals surface area contributed by atoms with E-state index < -0.39 is 40.2 Å². The molecular weight excluding hydrogens is 585 g/mol. The van der Waals surface area contributed by atoms with Crippen molar-refractivity contribution in [1.29, 1.82) is 0 Å². The van der Waals surface area contributed by atoms with E-state index in [1.807, 2.05) is 30.3 Å². The van der Waals surface area contributed by atoms with E-state index in [9.17, 15) is 22.4 Å². The molecule has 0 saturated carbocycles. The van der Waals surface area contributed by atoms with Gasteiger partial charge in [0.2, 0.25) is 11.8 Å². The molecule has 1 unspecified atom stereocenters. The van der Waals surface area contributed by atoms with Gasteiger partial charge in [-0.1, -0.05) is 60.7 Å². The van der Waals surface area contributed by atoms with Crippen LogP contribution >= 0.6 is 0 Å². The molecule has 1 atom stereocenters. The van der Waals surface area contributed by atoms with Crippen LogP contribution in [0.1, 0.15) is 11.1 Å². The van der Waals surface area contributed by atoms with Crippen LogP contribution in [0.25, 0.3) is 0 Å². The summed E-state index contributed by atoms with van der Waals surface area (Å²) in [7, 11) is -0.0525. The van der Waals surface area contributed by atoms with E-state index in [-0.39, 0.29) is 34.9 Å². The minimum atomic E-state index is -4.36. The third-order valence-corrected chi connectivity index (χ3v) is 8.87. The highest BCUT2D eigenvalue weighted by molar-refractivity contribution is 7.92. The van der Waals surface area contributed by atoms with Gasteiger partial charge in [-0.3, -0.25) is 13.9 Å². The van der Waals surface area contributed by atoms with Crippen LogP contribution in [0.2, 0.25) is 0 Å². The number of anilines is 1. The zero-order valence-corrected chi connectivity index (χ0v) is 25.5. The first-order valence-corrected chi connectivity index (χ1v) is 15.2. The van der Waals surface area contributed by atoms with Crippen LogP contribution in [0, 0.1) is 5.82 Å². The summed E-state index contributed by atoms with van der Waals surface area (Å²) in [4.78, 5) is 28.8. The van der Waals surface area contributed by atoms with Gasteiger partial charge in [-0.25, -0.2) is 12.8 Å². The normalized spacial score (nSPS) is 11.7. The molecule has 9 nitrogen and oxygen atoms in total. The lowest BCUT2D eigenvalue weighted by atomic mass is 10.0. The average molecular weight is 620 g/mol. The van der Waals surface area contributed by atoms with E-state index in [0.29, 0.717) is 5.75 Å². The molecule has 0 bridgehead atoms. The number of rotatable bonds is 13. The Morgan fingerprint density at radius 3 is 2.11 bits per heavy atom. The second-order valence-electron chi connectivity index (χ2n) is 9.79. The van der Waals surface area contributed by atoms with E-state index in [0.717, 1.165) is 9.87 Å². The second kappa shape index (κ2) is 14.5. The molecule has 0 fully saturated rings. The number of carbonyl (C=O) groups excluding carboxylic acids is 2. The van der Waals surface area contributed by atoms with Gasteiger partial charge >= 0.3 is 0 Å². The summed E-state index contributed by atoms with van der Waals surface area (Å²) < 4.78 is 54.8. The van der Waals surface area contributed by atoms with Crippen LogP contribution in [0.3, 0.4) is 0 Å². The minimum absolute atomic E-state index is 0.0928. The fourth-order valence-electron chi connectivity index (χ4n) is 4.75. The number of ether oxygens (including phenoxy) is 2. The molecule has 44 heavy (non-hydrogen) atoms. The molecule has 0 aliphatic carbocycles. The smallest absolute Gasteiger partial charge is 0.264 e. The van der Waals surface area contributed by atoms with Crippen LogP contribution < -0.4 is 19.1 Å². The standard InChI is InChI=1S/C33H34FN3O6S/c1-35-33(39)30(21-24-11-5-4-6-12-24)36(22-25-13-7-8-14-28(25)34)32(38)23-37(29-15-9-10-16-31(29)43-3)44(40,41)27-19-17-26(42-2)18-20-27/h4-20,30H,21-23H2,1-3H3,(H,35,39). The largest absolute Gasteiger partial charge is 0.497 e. The topological polar surface area (TPSA) is 105 Å². The molecule has 0 saturated heterocycles. The van der Waals surface area contributed by atoms with E-state index in [1.165, 1.54) is 74.7 Å². The SMILES string of the molecule is CNC(=O)C(Cc1ccccc1)N(Cc1ccccc1F)C(=O)CN(c1ccccc1OC)S(=O)(=O)c1ccc(OC)cc1. The highest BCUT2D eigenvalue weighted by Crippen LogP contribution is 2.33. The van der Waals surface area contributed by atoms with E-state index in [2.05, 4.69) is 5.32 Å². The Kier molecular flexibility index (Phi) is 10.6. The molecule has 0 aliphatic heterocycles. The number of para-hydroxylation sites is 2. The number of amides is 2. The zero-order chi connectivity index (χ0) is 31.7. The van der Waals surface area contributed by atoms with Gasteiger partial charge < -0.3 is 19.7 Å². The molecule has 4 aromatic carbocycles. The molecule has 0 heterocycles. The highest BCUT2D eigenvalue weighted by Gasteiger charge is 2.35. The Bertz CT molecular complexity index is 1680. The number of nitrogens with one attached hydrogen (secondary N) is 1. The lowest BCUT2D eigenvalue weighted by molar-refractivity contribution is -0.139. The quantitative estimate of drug-likeness (QED) is 0.238. The molecular formula is C33H34FN3O6S. The van der Waals surface area contributed by atoms with Crippen LogP contribution in [0.4, 0.5) is 10.1 Å². The second-order valence-corrected chi connectivity index (χ2v) is 11.7. The molecule has 4 aromatic rings. The van der Waals surface area contributed by atoms with Crippen LogP contribution in [-0.2, 0) is 32.6 Å². The Morgan fingerprint density at radius 2 is 1.48 bits per heavy atom. The molecule has 11 heteroatoms.